The normalized spacial score (nSPS) is 12.3. The van der Waals surface area contributed by atoms with Crippen LogP contribution in [0.2, 0.25) is 0 Å². The summed E-state index contributed by atoms with van der Waals surface area (Å²) in [4.78, 5) is 15.0. The van der Waals surface area contributed by atoms with Crippen molar-refractivity contribution >= 4 is 28.5 Å². The molecule has 1 unspecified atom stereocenters. The lowest BCUT2D eigenvalue weighted by Gasteiger charge is -2.10. The topological polar surface area (TPSA) is 59.4 Å². The Morgan fingerprint density at radius 2 is 2.22 bits per heavy atom. The number of benzene rings is 1. The zero-order valence-electron chi connectivity index (χ0n) is 9.76. The van der Waals surface area contributed by atoms with Crippen LogP contribution in [-0.2, 0) is 4.79 Å². The van der Waals surface area contributed by atoms with Gasteiger partial charge in [-0.15, -0.1) is 11.6 Å². The Morgan fingerprint density at radius 3 is 2.94 bits per heavy atom. The number of ether oxygens (including phenoxy) is 1. The summed E-state index contributed by atoms with van der Waals surface area (Å²) in [5, 5.41) is 8.57. The molecule has 0 spiro atoms. The van der Waals surface area contributed by atoms with Crippen LogP contribution in [-0.4, -0.2) is 28.0 Å². The van der Waals surface area contributed by atoms with Crippen LogP contribution in [0.1, 0.15) is 5.69 Å². The maximum atomic E-state index is 10.6. The van der Waals surface area contributed by atoms with Gasteiger partial charge in [-0.05, 0) is 19.1 Å². The molecule has 0 saturated carbocycles. The van der Waals surface area contributed by atoms with Crippen molar-refractivity contribution in [2.75, 3.05) is 6.61 Å². The van der Waals surface area contributed by atoms with E-state index in [-0.39, 0.29) is 6.61 Å². The third-order valence-electron chi connectivity index (χ3n) is 2.48. The van der Waals surface area contributed by atoms with Crippen LogP contribution in [0.15, 0.2) is 30.3 Å². The number of aryl methyl sites for hydroxylation is 1. The molecule has 0 radical (unpaired) electrons. The van der Waals surface area contributed by atoms with Gasteiger partial charge in [-0.2, -0.15) is 0 Å². The summed E-state index contributed by atoms with van der Waals surface area (Å²) in [7, 11) is 0. The Bertz CT molecular complexity index is 585. The quantitative estimate of drug-likeness (QED) is 0.864. The van der Waals surface area contributed by atoms with Crippen molar-refractivity contribution in [1.82, 2.24) is 4.98 Å². The molecule has 0 aliphatic rings. The molecule has 94 valence electrons. The second-order valence-electron chi connectivity index (χ2n) is 3.90. The van der Waals surface area contributed by atoms with Crippen molar-refractivity contribution < 1.29 is 14.6 Å². The van der Waals surface area contributed by atoms with E-state index in [4.69, 9.17) is 21.4 Å². The highest BCUT2D eigenvalue weighted by Gasteiger charge is 2.15. The zero-order valence-corrected chi connectivity index (χ0v) is 10.5. The number of fused-ring (bicyclic) bond motifs is 1. The number of aliphatic carboxylic acids is 1. The first-order valence-corrected chi connectivity index (χ1v) is 5.87. The third kappa shape index (κ3) is 2.71. The van der Waals surface area contributed by atoms with Gasteiger partial charge in [0.15, 0.2) is 5.38 Å². The van der Waals surface area contributed by atoms with Crippen molar-refractivity contribution in [2.45, 2.75) is 12.3 Å². The average molecular weight is 266 g/mol. The molecule has 1 atom stereocenters. The number of aromatic nitrogens is 1. The standard InChI is InChI=1S/C13H12ClNO3/c1-8-5-6-9-3-2-4-11(12(9)15-8)18-7-10(14)13(16)17/h2-6,10H,7H2,1H3,(H,16,17). The highest BCUT2D eigenvalue weighted by atomic mass is 35.5. The second-order valence-corrected chi connectivity index (χ2v) is 4.42. The largest absolute Gasteiger partial charge is 0.489 e. The molecule has 0 amide bonds. The number of carboxylic acid groups (broad SMARTS) is 1. The van der Waals surface area contributed by atoms with Gasteiger partial charge in [-0.3, -0.25) is 4.79 Å². The van der Waals surface area contributed by atoms with Gasteiger partial charge in [0.25, 0.3) is 0 Å². The number of para-hydroxylation sites is 1. The van der Waals surface area contributed by atoms with Crippen molar-refractivity contribution in [1.29, 1.82) is 0 Å². The number of halogens is 1. The number of hydrogen-bond donors (Lipinski definition) is 1. The molecule has 2 rings (SSSR count). The molecule has 18 heavy (non-hydrogen) atoms. The summed E-state index contributed by atoms with van der Waals surface area (Å²) in [6.07, 6.45) is 0. The molecule has 0 fully saturated rings. The number of pyridine rings is 1. The molecule has 0 bridgehead atoms. The van der Waals surface area contributed by atoms with Gasteiger partial charge in [0.05, 0.1) is 0 Å². The maximum Gasteiger partial charge on any atom is 0.325 e. The summed E-state index contributed by atoms with van der Waals surface area (Å²) >= 11 is 5.60. The Kier molecular flexibility index (Phi) is 3.67. The van der Waals surface area contributed by atoms with Crippen LogP contribution in [0.5, 0.6) is 5.75 Å². The molecule has 1 aromatic carbocycles. The van der Waals surface area contributed by atoms with Crippen molar-refractivity contribution in [2.24, 2.45) is 0 Å². The van der Waals surface area contributed by atoms with Crippen LogP contribution >= 0.6 is 11.6 Å². The van der Waals surface area contributed by atoms with E-state index in [0.29, 0.717) is 11.3 Å². The van der Waals surface area contributed by atoms with E-state index in [9.17, 15) is 4.79 Å². The third-order valence-corrected chi connectivity index (χ3v) is 2.79. The molecule has 4 nitrogen and oxygen atoms in total. The van der Waals surface area contributed by atoms with E-state index in [2.05, 4.69) is 4.98 Å². The zero-order chi connectivity index (χ0) is 13.1. The van der Waals surface area contributed by atoms with Crippen molar-refractivity contribution in [3.63, 3.8) is 0 Å². The fraction of sp³-hybridized carbons (Fsp3) is 0.231. The molecular formula is C13H12ClNO3. The molecule has 1 heterocycles. The highest BCUT2D eigenvalue weighted by Crippen LogP contribution is 2.24. The van der Waals surface area contributed by atoms with Gasteiger partial charge in [-0.25, -0.2) is 4.98 Å². The molecule has 1 aromatic heterocycles. The molecule has 0 saturated heterocycles. The SMILES string of the molecule is Cc1ccc2cccc(OCC(Cl)C(=O)O)c2n1. The second kappa shape index (κ2) is 5.23. The molecule has 2 aromatic rings. The van der Waals surface area contributed by atoms with Gasteiger partial charge >= 0.3 is 5.97 Å². The van der Waals surface area contributed by atoms with Gasteiger partial charge in [-0.1, -0.05) is 18.2 Å². The molecule has 0 aliphatic carbocycles. The summed E-state index contributed by atoms with van der Waals surface area (Å²) in [5.74, 6) is -0.552. The smallest absolute Gasteiger partial charge is 0.325 e. The molecular weight excluding hydrogens is 254 g/mol. The van der Waals surface area contributed by atoms with Gasteiger partial charge in [0.1, 0.15) is 17.9 Å². The fourth-order valence-corrected chi connectivity index (χ4v) is 1.63. The number of carbonyl (C=O) groups is 1. The summed E-state index contributed by atoms with van der Waals surface area (Å²) in [5.41, 5.74) is 1.59. The fourth-order valence-electron chi connectivity index (χ4n) is 1.57. The molecule has 5 heteroatoms. The summed E-state index contributed by atoms with van der Waals surface area (Å²) in [6.45, 7) is 1.80. The van der Waals surface area contributed by atoms with Gasteiger partial charge in [0, 0.05) is 11.1 Å². The lowest BCUT2D eigenvalue weighted by atomic mass is 10.2. The first kappa shape index (κ1) is 12.6. The molecule has 0 aliphatic heterocycles. The number of nitrogens with zero attached hydrogens (tertiary/aromatic N) is 1. The first-order valence-electron chi connectivity index (χ1n) is 5.44. The van der Waals surface area contributed by atoms with E-state index in [1.54, 1.807) is 6.07 Å². The monoisotopic (exact) mass is 265 g/mol. The minimum Gasteiger partial charge on any atom is -0.489 e. The van der Waals surface area contributed by atoms with E-state index < -0.39 is 11.3 Å². The molecule has 1 N–H and O–H groups in total. The number of carboxylic acids is 1. The van der Waals surface area contributed by atoms with Crippen molar-refractivity contribution in [3.05, 3.63) is 36.0 Å². The van der Waals surface area contributed by atoms with Gasteiger partial charge in [0.2, 0.25) is 0 Å². The van der Waals surface area contributed by atoms with Crippen LogP contribution in [0.4, 0.5) is 0 Å². The first-order chi connectivity index (χ1) is 8.58. The Balaban J connectivity index is 2.27. The lowest BCUT2D eigenvalue weighted by molar-refractivity contribution is -0.137. The number of rotatable bonds is 4. The Labute approximate surface area is 109 Å². The predicted molar refractivity (Wildman–Crippen MR) is 69.3 cm³/mol. The van der Waals surface area contributed by atoms with Crippen LogP contribution in [0.3, 0.4) is 0 Å². The Morgan fingerprint density at radius 1 is 1.44 bits per heavy atom. The van der Waals surface area contributed by atoms with Crippen LogP contribution < -0.4 is 4.74 Å². The minimum absolute atomic E-state index is 0.0916. The average Bonchev–Trinajstić information content (AvgIpc) is 2.35. The van der Waals surface area contributed by atoms with Gasteiger partial charge < -0.3 is 9.84 Å². The van der Waals surface area contributed by atoms with E-state index in [1.807, 2.05) is 31.2 Å². The van der Waals surface area contributed by atoms with E-state index in [1.165, 1.54) is 0 Å². The predicted octanol–water partition coefficient (Wildman–Crippen LogP) is 2.61. The maximum absolute atomic E-state index is 10.6. The minimum atomic E-state index is -1.10. The summed E-state index contributed by atoms with van der Waals surface area (Å²) < 4.78 is 5.42. The van der Waals surface area contributed by atoms with E-state index in [0.717, 1.165) is 11.1 Å². The number of alkyl halides is 1. The van der Waals surface area contributed by atoms with Crippen LogP contribution in [0, 0.1) is 6.92 Å². The number of hydrogen-bond acceptors (Lipinski definition) is 3. The van der Waals surface area contributed by atoms with Crippen molar-refractivity contribution in [3.8, 4) is 5.75 Å². The van der Waals surface area contributed by atoms with Crippen LogP contribution in [0.25, 0.3) is 10.9 Å². The Hall–Kier alpha value is -1.81. The lowest BCUT2D eigenvalue weighted by Crippen LogP contribution is -2.21. The summed E-state index contributed by atoms with van der Waals surface area (Å²) in [6, 6.07) is 9.36. The van der Waals surface area contributed by atoms with E-state index >= 15 is 0 Å². The highest BCUT2D eigenvalue weighted by molar-refractivity contribution is 6.29.